The lowest BCUT2D eigenvalue weighted by Gasteiger charge is -2.15. The highest BCUT2D eigenvalue weighted by Crippen LogP contribution is 2.20. The Morgan fingerprint density at radius 1 is 1.21 bits per heavy atom. The largest absolute Gasteiger partial charge is 0.507 e. The van der Waals surface area contributed by atoms with E-state index in [1.165, 1.54) is 6.07 Å². The Balaban J connectivity index is 2.13. The molecule has 0 heterocycles. The molecule has 98 valence electrons. The summed E-state index contributed by atoms with van der Waals surface area (Å²) in [7, 11) is 0. The van der Waals surface area contributed by atoms with E-state index >= 15 is 0 Å². The Hall–Kier alpha value is -2.00. The summed E-state index contributed by atoms with van der Waals surface area (Å²) >= 11 is 5.91. The van der Waals surface area contributed by atoms with Crippen LogP contribution in [0.5, 0.6) is 5.75 Å². The molecule has 19 heavy (non-hydrogen) atoms. The van der Waals surface area contributed by atoms with Crippen molar-refractivity contribution in [3.05, 3.63) is 64.7 Å². The molecule has 0 radical (unpaired) electrons. The first kappa shape index (κ1) is 13.4. The molecule has 2 rings (SSSR count). The van der Waals surface area contributed by atoms with E-state index in [2.05, 4.69) is 5.32 Å². The number of hydrogen-bond donors (Lipinski definition) is 2. The molecule has 2 aromatic rings. The minimum absolute atomic E-state index is 0.0294. The van der Waals surface area contributed by atoms with Crippen molar-refractivity contribution in [2.45, 2.75) is 13.0 Å². The van der Waals surface area contributed by atoms with Gasteiger partial charge in [-0.25, -0.2) is 0 Å². The standard InChI is InChI=1S/C15H14ClNO2/c1-10(11-5-4-6-12(16)9-11)17-15(19)13-7-2-3-8-14(13)18/h2-10,18H,1H3,(H,17,19). The fourth-order valence-electron chi connectivity index (χ4n) is 1.80. The van der Waals surface area contributed by atoms with Gasteiger partial charge in [-0.2, -0.15) is 0 Å². The summed E-state index contributed by atoms with van der Waals surface area (Å²) in [6, 6.07) is 13.6. The molecule has 1 unspecified atom stereocenters. The molecule has 0 spiro atoms. The van der Waals surface area contributed by atoms with Crippen molar-refractivity contribution in [3.63, 3.8) is 0 Å². The first-order valence-electron chi connectivity index (χ1n) is 5.92. The highest BCUT2D eigenvalue weighted by molar-refractivity contribution is 6.30. The number of carbonyl (C=O) groups is 1. The summed E-state index contributed by atoms with van der Waals surface area (Å²) in [6.45, 7) is 1.86. The minimum atomic E-state index is -0.314. The van der Waals surface area contributed by atoms with E-state index in [0.29, 0.717) is 5.02 Å². The summed E-state index contributed by atoms with van der Waals surface area (Å²) in [5.74, 6) is -0.344. The maximum atomic E-state index is 12.0. The smallest absolute Gasteiger partial charge is 0.255 e. The van der Waals surface area contributed by atoms with Crippen molar-refractivity contribution >= 4 is 17.5 Å². The van der Waals surface area contributed by atoms with Gasteiger partial charge in [0.05, 0.1) is 11.6 Å². The van der Waals surface area contributed by atoms with Gasteiger partial charge >= 0.3 is 0 Å². The molecular formula is C15H14ClNO2. The number of rotatable bonds is 3. The normalized spacial score (nSPS) is 11.9. The molecule has 2 aromatic carbocycles. The number of nitrogens with one attached hydrogen (secondary N) is 1. The summed E-state index contributed by atoms with van der Waals surface area (Å²) < 4.78 is 0. The van der Waals surface area contributed by atoms with Crippen LogP contribution in [-0.2, 0) is 0 Å². The average molecular weight is 276 g/mol. The van der Waals surface area contributed by atoms with Crippen LogP contribution in [0.1, 0.15) is 28.9 Å². The van der Waals surface area contributed by atoms with Crippen LogP contribution < -0.4 is 5.32 Å². The first-order valence-corrected chi connectivity index (χ1v) is 6.30. The van der Waals surface area contributed by atoms with Crippen LogP contribution in [0.25, 0.3) is 0 Å². The Kier molecular flexibility index (Phi) is 4.07. The maximum absolute atomic E-state index is 12.0. The number of phenolic OH excluding ortho intramolecular Hbond substituents is 1. The van der Waals surface area contributed by atoms with Crippen LogP contribution in [0.15, 0.2) is 48.5 Å². The Morgan fingerprint density at radius 2 is 1.95 bits per heavy atom. The SMILES string of the molecule is CC(NC(=O)c1ccccc1O)c1cccc(Cl)c1. The molecule has 2 N–H and O–H groups in total. The Labute approximate surface area is 116 Å². The van der Waals surface area contributed by atoms with E-state index in [1.807, 2.05) is 19.1 Å². The molecule has 0 saturated heterocycles. The number of benzene rings is 2. The van der Waals surface area contributed by atoms with Crippen molar-refractivity contribution in [1.29, 1.82) is 0 Å². The molecule has 3 nitrogen and oxygen atoms in total. The van der Waals surface area contributed by atoms with E-state index in [-0.39, 0.29) is 23.3 Å². The second kappa shape index (κ2) is 5.76. The summed E-state index contributed by atoms with van der Waals surface area (Å²) in [5.41, 5.74) is 1.17. The number of halogens is 1. The van der Waals surface area contributed by atoms with Crippen LogP contribution >= 0.6 is 11.6 Å². The molecule has 0 aliphatic carbocycles. The number of carbonyl (C=O) groups excluding carboxylic acids is 1. The number of aromatic hydroxyl groups is 1. The predicted molar refractivity (Wildman–Crippen MR) is 75.4 cm³/mol. The summed E-state index contributed by atoms with van der Waals surface area (Å²) in [4.78, 5) is 12.0. The zero-order valence-corrected chi connectivity index (χ0v) is 11.2. The number of para-hydroxylation sites is 1. The first-order chi connectivity index (χ1) is 9.08. The molecule has 1 atom stereocenters. The molecule has 0 aliphatic rings. The highest BCUT2D eigenvalue weighted by Gasteiger charge is 2.14. The third-order valence-corrected chi connectivity index (χ3v) is 3.08. The second-order valence-corrected chi connectivity index (χ2v) is 4.70. The zero-order valence-electron chi connectivity index (χ0n) is 10.4. The molecule has 0 aromatic heterocycles. The van der Waals surface area contributed by atoms with Crippen molar-refractivity contribution in [2.75, 3.05) is 0 Å². The van der Waals surface area contributed by atoms with Gasteiger partial charge < -0.3 is 10.4 Å². The van der Waals surface area contributed by atoms with Crippen molar-refractivity contribution in [3.8, 4) is 5.75 Å². The lowest BCUT2D eigenvalue weighted by Crippen LogP contribution is -2.26. The highest BCUT2D eigenvalue weighted by atomic mass is 35.5. The van der Waals surface area contributed by atoms with Gasteiger partial charge in [-0.1, -0.05) is 35.9 Å². The molecule has 0 aliphatic heterocycles. The van der Waals surface area contributed by atoms with Crippen molar-refractivity contribution in [2.24, 2.45) is 0 Å². The van der Waals surface area contributed by atoms with Crippen LogP contribution in [-0.4, -0.2) is 11.0 Å². The summed E-state index contributed by atoms with van der Waals surface area (Å²) in [5, 5.41) is 13.1. The molecule has 0 fully saturated rings. The zero-order chi connectivity index (χ0) is 13.8. The monoisotopic (exact) mass is 275 g/mol. The fraction of sp³-hybridized carbons (Fsp3) is 0.133. The van der Waals surface area contributed by atoms with Gasteiger partial charge in [-0.15, -0.1) is 0 Å². The van der Waals surface area contributed by atoms with Gasteiger partial charge in [0.25, 0.3) is 5.91 Å². The minimum Gasteiger partial charge on any atom is -0.507 e. The Morgan fingerprint density at radius 3 is 2.63 bits per heavy atom. The lowest BCUT2D eigenvalue weighted by molar-refractivity contribution is 0.0937. The van der Waals surface area contributed by atoms with Gasteiger partial charge in [-0.05, 0) is 36.8 Å². The van der Waals surface area contributed by atoms with E-state index in [1.54, 1.807) is 30.3 Å². The van der Waals surface area contributed by atoms with Gasteiger partial charge in [0, 0.05) is 5.02 Å². The van der Waals surface area contributed by atoms with E-state index in [4.69, 9.17) is 11.6 Å². The third-order valence-electron chi connectivity index (χ3n) is 2.84. The van der Waals surface area contributed by atoms with Crippen LogP contribution in [0.3, 0.4) is 0 Å². The fourth-order valence-corrected chi connectivity index (χ4v) is 2.00. The van der Waals surface area contributed by atoms with E-state index in [0.717, 1.165) is 5.56 Å². The topological polar surface area (TPSA) is 49.3 Å². The summed E-state index contributed by atoms with van der Waals surface area (Å²) in [6.07, 6.45) is 0. The van der Waals surface area contributed by atoms with Crippen LogP contribution in [0.4, 0.5) is 0 Å². The molecule has 4 heteroatoms. The second-order valence-electron chi connectivity index (χ2n) is 4.27. The lowest BCUT2D eigenvalue weighted by atomic mass is 10.1. The van der Waals surface area contributed by atoms with Crippen molar-refractivity contribution in [1.82, 2.24) is 5.32 Å². The third kappa shape index (κ3) is 3.26. The molecule has 1 amide bonds. The quantitative estimate of drug-likeness (QED) is 0.900. The van der Waals surface area contributed by atoms with Crippen molar-refractivity contribution < 1.29 is 9.90 Å². The van der Waals surface area contributed by atoms with Gasteiger partial charge in [0.2, 0.25) is 0 Å². The van der Waals surface area contributed by atoms with E-state index in [9.17, 15) is 9.90 Å². The van der Waals surface area contributed by atoms with Gasteiger partial charge in [0.1, 0.15) is 5.75 Å². The van der Waals surface area contributed by atoms with Gasteiger partial charge in [-0.3, -0.25) is 4.79 Å². The predicted octanol–water partition coefficient (Wildman–Crippen LogP) is 3.54. The molecular weight excluding hydrogens is 262 g/mol. The molecule has 0 bridgehead atoms. The molecule has 0 saturated carbocycles. The van der Waals surface area contributed by atoms with Gasteiger partial charge in [0.15, 0.2) is 0 Å². The van der Waals surface area contributed by atoms with Crippen LogP contribution in [0, 0.1) is 0 Å². The maximum Gasteiger partial charge on any atom is 0.255 e. The van der Waals surface area contributed by atoms with E-state index < -0.39 is 0 Å². The average Bonchev–Trinajstić information content (AvgIpc) is 2.39. The Bertz CT molecular complexity index is 598. The number of phenols is 1. The number of amides is 1. The number of hydrogen-bond acceptors (Lipinski definition) is 2. The van der Waals surface area contributed by atoms with Crippen LogP contribution in [0.2, 0.25) is 5.02 Å².